The Morgan fingerprint density at radius 3 is 2.39 bits per heavy atom. The van der Waals surface area contributed by atoms with Crippen LogP contribution in [0.2, 0.25) is 25.7 Å². The first-order chi connectivity index (χ1) is 17.6. The predicted molar refractivity (Wildman–Crippen MR) is 159 cm³/mol. The van der Waals surface area contributed by atoms with Crippen molar-refractivity contribution in [2.75, 3.05) is 13.7 Å². The maximum Gasteiger partial charge on any atom is 0.137 e. The van der Waals surface area contributed by atoms with E-state index in [0.29, 0.717) is 23.7 Å². The van der Waals surface area contributed by atoms with E-state index < -0.39 is 29.3 Å². The summed E-state index contributed by atoms with van der Waals surface area (Å²) in [5.41, 5.74) is 4.01. The summed E-state index contributed by atoms with van der Waals surface area (Å²) < 4.78 is 30.7. The van der Waals surface area contributed by atoms with Crippen LogP contribution in [0.15, 0.2) is 30.3 Å². The van der Waals surface area contributed by atoms with Crippen LogP contribution in [0.25, 0.3) is 11.0 Å². The monoisotopic (exact) mass is 554 g/mol. The molecule has 0 aliphatic carbocycles. The molecule has 2 unspecified atom stereocenters. The molecule has 38 heavy (non-hydrogen) atoms. The van der Waals surface area contributed by atoms with Crippen LogP contribution in [-0.2, 0) is 28.0 Å². The first-order valence-corrected chi connectivity index (χ1v) is 17.8. The van der Waals surface area contributed by atoms with Crippen LogP contribution in [0.3, 0.4) is 0 Å². The van der Waals surface area contributed by atoms with E-state index in [1.807, 2.05) is 64.3 Å². The number of methoxy groups -OCH3 is 1. The van der Waals surface area contributed by atoms with Gasteiger partial charge < -0.3 is 14.0 Å². The van der Waals surface area contributed by atoms with E-state index in [4.69, 9.17) is 14.5 Å². The minimum absolute atomic E-state index is 0.262. The van der Waals surface area contributed by atoms with Crippen molar-refractivity contribution in [2.45, 2.75) is 84.2 Å². The smallest absolute Gasteiger partial charge is 0.137 e. The Hall–Kier alpha value is -2.51. The molecule has 3 rings (SSSR count). The van der Waals surface area contributed by atoms with Gasteiger partial charge in [-0.05, 0) is 83.0 Å². The SMILES string of the molecule is COc1cc(C)cc(C)c1C(C)(NS(=O)C(C)(C)C)c1nc2ccc(C#N)cc2n1COCC[Si](C)(C)C. The lowest BCUT2D eigenvalue weighted by atomic mass is 9.86. The highest BCUT2D eigenvalue weighted by Crippen LogP contribution is 2.40. The van der Waals surface area contributed by atoms with E-state index in [0.717, 1.165) is 33.8 Å². The molecule has 0 saturated heterocycles. The Labute approximate surface area is 231 Å². The molecule has 0 aliphatic heterocycles. The van der Waals surface area contributed by atoms with Crippen molar-refractivity contribution in [2.24, 2.45) is 0 Å². The standard InChI is InChI=1S/C29H42N4O3SSi/c1-20-15-21(2)26(25(16-20)35-7)29(6,32-37(34)28(3,4)5)27-31-23-12-11-22(18-30)17-24(23)33(27)19-36-13-14-38(8,9)10/h11-12,15-17,32H,13-14,19H2,1-10H3. The summed E-state index contributed by atoms with van der Waals surface area (Å²) in [6.45, 7) is 19.8. The Morgan fingerprint density at radius 2 is 1.82 bits per heavy atom. The lowest BCUT2D eigenvalue weighted by Crippen LogP contribution is -2.49. The van der Waals surface area contributed by atoms with E-state index in [1.165, 1.54) is 0 Å². The number of ether oxygens (including phenoxy) is 2. The molecule has 0 saturated carbocycles. The van der Waals surface area contributed by atoms with Gasteiger partial charge in [-0.1, -0.05) is 25.7 Å². The molecule has 0 bridgehead atoms. The third-order valence-corrected chi connectivity index (χ3v) is 9.97. The molecule has 3 aromatic rings. The van der Waals surface area contributed by atoms with Crippen molar-refractivity contribution in [3.63, 3.8) is 0 Å². The molecule has 206 valence electrons. The van der Waals surface area contributed by atoms with Crippen LogP contribution in [0.4, 0.5) is 0 Å². The number of aryl methyl sites for hydroxylation is 2. The predicted octanol–water partition coefficient (Wildman–Crippen LogP) is 6.16. The zero-order valence-corrected chi connectivity index (χ0v) is 26.3. The highest BCUT2D eigenvalue weighted by molar-refractivity contribution is 7.84. The summed E-state index contributed by atoms with van der Waals surface area (Å²) in [5.74, 6) is 1.35. The number of hydrogen-bond acceptors (Lipinski definition) is 5. The van der Waals surface area contributed by atoms with Gasteiger partial charge in [0.05, 0.1) is 45.5 Å². The molecule has 0 aliphatic rings. The van der Waals surface area contributed by atoms with Gasteiger partial charge in [-0.2, -0.15) is 5.26 Å². The minimum atomic E-state index is -1.43. The molecule has 2 aromatic carbocycles. The number of fused-ring (bicyclic) bond motifs is 1. The van der Waals surface area contributed by atoms with Gasteiger partial charge >= 0.3 is 0 Å². The van der Waals surface area contributed by atoms with Crippen molar-refractivity contribution in [3.8, 4) is 11.8 Å². The van der Waals surface area contributed by atoms with Gasteiger partial charge in [0.2, 0.25) is 0 Å². The quantitative estimate of drug-likeness (QED) is 0.239. The van der Waals surface area contributed by atoms with Gasteiger partial charge in [-0.25, -0.2) is 13.9 Å². The summed E-state index contributed by atoms with van der Waals surface area (Å²) in [6.07, 6.45) is 0. The fourth-order valence-corrected chi connectivity index (χ4v) is 6.14. The fourth-order valence-electron chi connectivity index (χ4n) is 4.52. The number of benzene rings is 2. The number of aromatic nitrogens is 2. The average Bonchev–Trinajstić information content (AvgIpc) is 3.18. The number of hydrogen-bond donors (Lipinski definition) is 1. The van der Waals surface area contributed by atoms with Crippen molar-refractivity contribution in [1.82, 2.24) is 14.3 Å². The molecular formula is C29H42N4O3SSi. The molecule has 0 amide bonds. The number of imidazole rings is 1. The fraction of sp³-hybridized carbons (Fsp3) is 0.517. The Kier molecular flexibility index (Phi) is 8.94. The zero-order valence-electron chi connectivity index (χ0n) is 24.5. The van der Waals surface area contributed by atoms with Crippen molar-refractivity contribution in [1.29, 1.82) is 5.26 Å². The second-order valence-electron chi connectivity index (χ2n) is 12.3. The van der Waals surface area contributed by atoms with E-state index >= 15 is 0 Å². The molecule has 0 fully saturated rings. The average molecular weight is 555 g/mol. The molecule has 0 spiro atoms. The molecule has 7 nitrogen and oxygen atoms in total. The zero-order chi connectivity index (χ0) is 28.5. The molecular weight excluding hydrogens is 512 g/mol. The molecule has 0 radical (unpaired) electrons. The van der Waals surface area contributed by atoms with Gasteiger partial charge in [0.1, 0.15) is 23.8 Å². The highest BCUT2D eigenvalue weighted by atomic mass is 32.2. The van der Waals surface area contributed by atoms with Crippen LogP contribution < -0.4 is 9.46 Å². The number of rotatable bonds is 10. The Bertz CT molecular complexity index is 1380. The van der Waals surface area contributed by atoms with Crippen LogP contribution >= 0.6 is 0 Å². The lowest BCUT2D eigenvalue weighted by molar-refractivity contribution is 0.0856. The highest BCUT2D eigenvalue weighted by Gasteiger charge is 2.41. The third-order valence-electron chi connectivity index (χ3n) is 6.56. The van der Waals surface area contributed by atoms with Gasteiger partial charge in [0.25, 0.3) is 0 Å². The number of nitriles is 1. The van der Waals surface area contributed by atoms with Crippen LogP contribution in [0, 0.1) is 25.2 Å². The first-order valence-electron chi connectivity index (χ1n) is 12.9. The second-order valence-corrected chi connectivity index (χ2v) is 19.9. The Morgan fingerprint density at radius 1 is 1.13 bits per heavy atom. The summed E-state index contributed by atoms with van der Waals surface area (Å²) in [7, 11) is -1.06. The number of nitrogens with one attached hydrogen (secondary N) is 1. The van der Waals surface area contributed by atoms with Gasteiger partial charge in [0, 0.05) is 20.2 Å². The molecule has 1 aromatic heterocycles. The van der Waals surface area contributed by atoms with E-state index in [2.05, 4.69) is 36.5 Å². The third kappa shape index (κ3) is 6.54. The summed E-state index contributed by atoms with van der Waals surface area (Å²) in [4.78, 5) is 5.07. The van der Waals surface area contributed by atoms with Gasteiger partial charge in [-0.15, -0.1) is 0 Å². The maximum atomic E-state index is 13.7. The molecule has 1 heterocycles. The van der Waals surface area contributed by atoms with Gasteiger partial charge in [-0.3, -0.25) is 0 Å². The van der Waals surface area contributed by atoms with Crippen molar-refractivity contribution >= 4 is 30.1 Å². The first kappa shape index (κ1) is 30.0. The normalized spacial score (nSPS) is 14.8. The van der Waals surface area contributed by atoms with Crippen LogP contribution in [0.1, 0.15) is 55.8 Å². The minimum Gasteiger partial charge on any atom is -0.496 e. The van der Waals surface area contributed by atoms with E-state index in [9.17, 15) is 9.47 Å². The summed E-state index contributed by atoms with van der Waals surface area (Å²) in [5, 5.41) is 9.60. The molecule has 2 atom stereocenters. The van der Waals surface area contributed by atoms with Crippen LogP contribution in [-0.4, -0.2) is 40.3 Å². The van der Waals surface area contributed by atoms with Crippen molar-refractivity contribution in [3.05, 3.63) is 58.4 Å². The number of nitrogens with zero attached hydrogens (tertiary/aromatic N) is 3. The topological polar surface area (TPSA) is 89.2 Å². The summed E-state index contributed by atoms with van der Waals surface area (Å²) in [6, 6.07) is 12.8. The lowest BCUT2D eigenvalue weighted by Gasteiger charge is -2.36. The van der Waals surface area contributed by atoms with Crippen LogP contribution in [0.5, 0.6) is 5.75 Å². The largest absolute Gasteiger partial charge is 0.496 e. The van der Waals surface area contributed by atoms with Gasteiger partial charge in [0.15, 0.2) is 0 Å². The van der Waals surface area contributed by atoms with Crippen molar-refractivity contribution < 1.29 is 13.7 Å². The molecule has 1 N–H and O–H groups in total. The second kappa shape index (κ2) is 11.3. The van der Waals surface area contributed by atoms with E-state index in [1.54, 1.807) is 13.2 Å². The molecule has 9 heteroatoms. The maximum absolute atomic E-state index is 13.7. The Balaban J connectivity index is 2.30. The summed E-state index contributed by atoms with van der Waals surface area (Å²) >= 11 is 0. The van der Waals surface area contributed by atoms with E-state index in [-0.39, 0.29) is 6.73 Å².